The summed E-state index contributed by atoms with van der Waals surface area (Å²) in [5, 5.41) is 9.11. The highest BCUT2D eigenvalue weighted by Gasteiger charge is 2.39. The van der Waals surface area contributed by atoms with E-state index in [2.05, 4.69) is 25.5 Å². The summed E-state index contributed by atoms with van der Waals surface area (Å²) in [6, 6.07) is 2.93. The van der Waals surface area contributed by atoms with Crippen LogP contribution >= 0.6 is 11.6 Å². The highest BCUT2D eigenvalue weighted by Crippen LogP contribution is 2.36. The number of hydrogen-bond acceptors (Lipinski definition) is 7. The first-order valence-corrected chi connectivity index (χ1v) is 10.6. The number of nitrogens with one attached hydrogen (secondary N) is 1. The van der Waals surface area contributed by atoms with Crippen molar-refractivity contribution >= 4 is 40.0 Å². The summed E-state index contributed by atoms with van der Waals surface area (Å²) in [4.78, 5) is 32.8. The van der Waals surface area contributed by atoms with Gasteiger partial charge in [-0.1, -0.05) is 23.7 Å². The van der Waals surface area contributed by atoms with Gasteiger partial charge in [0, 0.05) is 17.9 Å². The number of aryl methyl sites for hydroxylation is 1. The number of benzene rings is 1. The topological polar surface area (TPSA) is 142 Å². The van der Waals surface area contributed by atoms with Crippen molar-refractivity contribution in [2.45, 2.75) is 33.0 Å². The fourth-order valence-electron chi connectivity index (χ4n) is 3.40. The number of anilines is 1. The maximum Gasteiger partial charge on any atom is 0.437 e. The van der Waals surface area contributed by atoms with E-state index in [-0.39, 0.29) is 39.6 Å². The Labute approximate surface area is 204 Å². The zero-order valence-corrected chi connectivity index (χ0v) is 19.3. The van der Waals surface area contributed by atoms with Crippen LogP contribution in [0.2, 0.25) is 5.02 Å². The largest absolute Gasteiger partial charge is 0.437 e. The van der Waals surface area contributed by atoms with Crippen molar-refractivity contribution < 1.29 is 31.7 Å². The molecule has 0 aliphatic rings. The van der Waals surface area contributed by atoms with Crippen LogP contribution in [0.5, 0.6) is 0 Å². The lowest BCUT2D eigenvalue weighted by Crippen LogP contribution is -2.19. The average molecular weight is 526 g/mol. The van der Waals surface area contributed by atoms with Gasteiger partial charge in [-0.25, -0.2) is 9.37 Å². The van der Waals surface area contributed by atoms with Gasteiger partial charge in [-0.3, -0.25) is 14.3 Å². The van der Waals surface area contributed by atoms with Crippen molar-refractivity contribution in [3.8, 4) is 0 Å². The number of primary amides is 1. The molecule has 0 aliphatic heterocycles. The Hall–Kier alpha value is -4.07. The third-order valence-electron chi connectivity index (χ3n) is 5.17. The molecule has 36 heavy (non-hydrogen) atoms. The van der Waals surface area contributed by atoms with Crippen molar-refractivity contribution in [1.82, 2.24) is 24.9 Å². The molecule has 188 valence electrons. The number of amides is 2. The summed E-state index contributed by atoms with van der Waals surface area (Å²) >= 11 is 5.82. The summed E-state index contributed by atoms with van der Waals surface area (Å²) in [5.74, 6) is -2.59. The maximum absolute atomic E-state index is 14.0. The Bertz CT molecular complexity index is 1510. The molecule has 3 heterocycles. The predicted molar refractivity (Wildman–Crippen MR) is 118 cm³/mol. The van der Waals surface area contributed by atoms with Crippen LogP contribution in [0.25, 0.3) is 10.9 Å². The quantitative estimate of drug-likeness (QED) is 0.364. The van der Waals surface area contributed by atoms with Gasteiger partial charge >= 0.3 is 6.18 Å². The smallest absolute Gasteiger partial charge is 0.364 e. The van der Waals surface area contributed by atoms with Gasteiger partial charge in [-0.2, -0.15) is 23.3 Å². The summed E-state index contributed by atoms with van der Waals surface area (Å²) in [6.45, 7) is 2.82. The Morgan fingerprint density at radius 3 is 2.56 bits per heavy atom. The van der Waals surface area contributed by atoms with Gasteiger partial charge in [0.1, 0.15) is 18.1 Å². The van der Waals surface area contributed by atoms with Crippen LogP contribution in [0.3, 0.4) is 0 Å². The molecule has 0 atom stereocenters. The number of nitrogens with zero attached hydrogens (tertiary/aromatic N) is 5. The molecule has 0 aliphatic carbocycles. The Balaban J connectivity index is 1.79. The number of carbonyl (C=O) groups excluding carboxylic acids is 2. The molecule has 4 rings (SSSR count). The van der Waals surface area contributed by atoms with Gasteiger partial charge in [0.2, 0.25) is 5.89 Å². The number of carbonyl (C=O) groups is 2. The van der Waals surface area contributed by atoms with E-state index >= 15 is 0 Å². The van der Waals surface area contributed by atoms with Gasteiger partial charge in [0.25, 0.3) is 11.8 Å². The molecule has 10 nitrogen and oxygen atoms in total. The second-order valence-electron chi connectivity index (χ2n) is 7.58. The lowest BCUT2D eigenvalue weighted by molar-refractivity contribution is -0.140. The van der Waals surface area contributed by atoms with Crippen LogP contribution in [0, 0.1) is 12.7 Å². The number of fused-ring (bicyclic) bond motifs is 1. The summed E-state index contributed by atoms with van der Waals surface area (Å²) in [5.41, 5.74) is 2.34. The number of alkyl halides is 3. The van der Waals surface area contributed by atoms with Gasteiger partial charge in [0.15, 0.2) is 11.5 Å². The second kappa shape index (κ2) is 9.18. The van der Waals surface area contributed by atoms with Crippen LogP contribution in [0.1, 0.15) is 50.9 Å². The molecule has 3 N–H and O–H groups in total. The van der Waals surface area contributed by atoms with E-state index < -0.39 is 40.9 Å². The molecular weight excluding hydrogens is 510 g/mol. The first-order valence-electron chi connectivity index (χ1n) is 10.3. The maximum atomic E-state index is 14.0. The molecule has 0 bridgehead atoms. The lowest BCUT2D eigenvalue weighted by atomic mass is 10.1. The molecule has 0 fully saturated rings. The lowest BCUT2D eigenvalue weighted by Gasteiger charge is -2.12. The molecule has 3 aromatic heterocycles. The minimum atomic E-state index is -4.93. The number of nitrogens with two attached hydrogens (primary N) is 1. The van der Waals surface area contributed by atoms with E-state index in [4.69, 9.17) is 21.9 Å². The van der Waals surface area contributed by atoms with E-state index in [0.717, 1.165) is 22.9 Å². The molecule has 15 heteroatoms. The predicted octanol–water partition coefficient (Wildman–Crippen LogP) is 3.90. The van der Waals surface area contributed by atoms with E-state index in [1.807, 2.05) is 0 Å². The number of rotatable bonds is 6. The van der Waals surface area contributed by atoms with Crippen molar-refractivity contribution in [2.75, 3.05) is 5.32 Å². The monoisotopic (exact) mass is 525 g/mol. The van der Waals surface area contributed by atoms with Crippen LogP contribution in [0.4, 0.5) is 23.2 Å². The zero-order chi connectivity index (χ0) is 26.4. The number of aromatic nitrogens is 5. The molecule has 1 aromatic carbocycles. The molecule has 4 aromatic rings. The van der Waals surface area contributed by atoms with Crippen molar-refractivity contribution in [2.24, 2.45) is 5.73 Å². The second-order valence-corrected chi connectivity index (χ2v) is 7.99. The van der Waals surface area contributed by atoms with Gasteiger partial charge in [0.05, 0.1) is 27.5 Å². The summed E-state index contributed by atoms with van der Waals surface area (Å²) in [7, 11) is 0. The highest BCUT2D eigenvalue weighted by molar-refractivity contribution is 6.31. The summed E-state index contributed by atoms with van der Waals surface area (Å²) in [6.07, 6.45) is -4.50. The van der Waals surface area contributed by atoms with Gasteiger partial charge < -0.3 is 15.6 Å². The first kappa shape index (κ1) is 25.0. The standard InChI is InChI=1S/C21H16ClF4N7O3/c1-3-16-29-15(32-36-16)7-33-8(2)17(18(31-33)21(24,25)26)30-20(35)10-5-14(19(27)34)28-13-6-12(23)11(22)4-9(10)13/h4-6H,3,7H2,1-2H3,(H2,27,34)(H,30,35). The molecule has 2 amide bonds. The minimum Gasteiger partial charge on any atom is -0.364 e. The summed E-state index contributed by atoms with van der Waals surface area (Å²) < 4.78 is 61.3. The number of pyridine rings is 1. The van der Waals surface area contributed by atoms with Crippen molar-refractivity contribution in [3.05, 3.63) is 63.4 Å². The van der Waals surface area contributed by atoms with Crippen LogP contribution in [-0.4, -0.2) is 36.7 Å². The van der Waals surface area contributed by atoms with Crippen molar-refractivity contribution in [1.29, 1.82) is 0 Å². The van der Waals surface area contributed by atoms with E-state index in [1.54, 1.807) is 6.92 Å². The van der Waals surface area contributed by atoms with E-state index in [9.17, 15) is 27.2 Å². The Morgan fingerprint density at radius 2 is 1.94 bits per heavy atom. The first-order chi connectivity index (χ1) is 16.9. The number of hydrogen-bond donors (Lipinski definition) is 2. The highest BCUT2D eigenvalue weighted by atomic mass is 35.5. The molecule has 0 spiro atoms. The molecular formula is C21H16ClF4N7O3. The SMILES string of the molecule is CCc1nc(Cn2nc(C(F)(F)F)c(NC(=O)c3cc(C(N)=O)nc4cc(F)c(Cl)cc34)c2C)no1. The third-order valence-corrected chi connectivity index (χ3v) is 5.45. The fourth-order valence-corrected chi connectivity index (χ4v) is 3.56. The molecule has 0 unspecified atom stereocenters. The molecule has 0 radical (unpaired) electrons. The van der Waals surface area contributed by atoms with Crippen molar-refractivity contribution in [3.63, 3.8) is 0 Å². The number of halogens is 5. The van der Waals surface area contributed by atoms with E-state index in [0.29, 0.717) is 12.3 Å². The average Bonchev–Trinajstić information content (AvgIpc) is 3.38. The Kier molecular flexibility index (Phi) is 6.39. The van der Waals surface area contributed by atoms with Crippen LogP contribution < -0.4 is 11.1 Å². The Morgan fingerprint density at radius 1 is 1.22 bits per heavy atom. The third kappa shape index (κ3) is 4.71. The van der Waals surface area contributed by atoms with Gasteiger partial charge in [-0.05, 0) is 19.1 Å². The normalized spacial score (nSPS) is 11.8. The fraction of sp³-hybridized carbons (Fsp3) is 0.238. The van der Waals surface area contributed by atoms with Crippen LogP contribution in [0.15, 0.2) is 22.7 Å². The molecule has 0 saturated carbocycles. The molecule has 0 saturated heterocycles. The van der Waals surface area contributed by atoms with Crippen LogP contribution in [-0.2, 0) is 19.1 Å². The van der Waals surface area contributed by atoms with Gasteiger partial charge in [-0.15, -0.1) is 0 Å². The zero-order valence-electron chi connectivity index (χ0n) is 18.6. The van der Waals surface area contributed by atoms with E-state index in [1.165, 1.54) is 6.92 Å². The minimum absolute atomic E-state index is 0.0126.